The van der Waals surface area contributed by atoms with Crippen molar-refractivity contribution in [1.82, 2.24) is 14.3 Å². The van der Waals surface area contributed by atoms with Gasteiger partial charge < -0.3 is 9.88 Å². The monoisotopic (exact) mass is 324 g/mol. The minimum Gasteiger partial charge on any atom is -0.342 e. The maximum Gasteiger partial charge on any atom is 0.272 e. The Kier molecular flexibility index (Phi) is 4.42. The van der Waals surface area contributed by atoms with E-state index >= 15 is 0 Å². The van der Waals surface area contributed by atoms with Gasteiger partial charge in [0.2, 0.25) is 0 Å². The van der Waals surface area contributed by atoms with Crippen molar-refractivity contribution in [2.75, 3.05) is 5.32 Å². The number of hydrogen-bond donors (Lipinski definition) is 1. The largest absolute Gasteiger partial charge is 0.342 e. The lowest BCUT2D eigenvalue weighted by molar-refractivity contribution is 0.101. The summed E-state index contributed by atoms with van der Waals surface area (Å²) in [5.74, 6) is -0.116. The molecule has 1 N–H and O–H groups in total. The molecule has 0 unspecified atom stereocenters. The second-order valence-electron chi connectivity index (χ2n) is 4.28. The molecule has 19 heavy (non-hydrogen) atoms. The zero-order valence-corrected chi connectivity index (χ0v) is 12.6. The molecule has 0 aliphatic heterocycles. The number of anilines is 1. The number of carbonyl (C=O) groups excluding carboxylic acids is 1. The van der Waals surface area contributed by atoms with Gasteiger partial charge in [0.1, 0.15) is 5.69 Å². The molecule has 0 aliphatic carbocycles. The van der Waals surface area contributed by atoms with Crippen LogP contribution in [0.15, 0.2) is 29.1 Å². The van der Waals surface area contributed by atoms with Crippen LogP contribution in [0, 0.1) is 0 Å². The Hall–Kier alpha value is -1.56. The first-order chi connectivity index (χ1) is 9.13. The summed E-state index contributed by atoms with van der Waals surface area (Å²) in [6.45, 7) is 5.69. The van der Waals surface area contributed by atoms with Crippen LogP contribution in [0.2, 0.25) is 0 Å². The van der Waals surface area contributed by atoms with E-state index in [0.717, 1.165) is 24.0 Å². The third-order valence-corrected chi connectivity index (χ3v) is 3.21. The van der Waals surface area contributed by atoms with Crippen molar-refractivity contribution in [1.29, 1.82) is 0 Å². The highest BCUT2D eigenvalue weighted by atomic mass is 79.9. The molecule has 0 atom stereocenters. The zero-order valence-electron chi connectivity index (χ0n) is 11.1. The Labute approximate surface area is 120 Å². The first kappa shape index (κ1) is 13.9. The van der Waals surface area contributed by atoms with E-state index in [1.165, 1.54) is 0 Å². The number of nitrogens with zero attached hydrogens (tertiary/aromatic N) is 3. The van der Waals surface area contributed by atoms with E-state index in [9.17, 15) is 4.79 Å². The average Bonchev–Trinajstić information content (AvgIpc) is 2.96. The fraction of sp³-hybridized carbons (Fsp3) is 0.385. The molecule has 0 spiro atoms. The molecule has 0 bridgehead atoms. The Balaban J connectivity index is 2.15. The fourth-order valence-electron chi connectivity index (χ4n) is 1.89. The molecular formula is C13H17BrN4O. The molecular weight excluding hydrogens is 308 g/mol. The van der Waals surface area contributed by atoms with E-state index in [1.807, 2.05) is 30.0 Å². The molecule has 0 saturated carbocycles. The van der Waals surface area contributed by atoms with E-state index < -0.39 is 0 Å². The van der Waals surface area contributed by atoms with Crippen LogP contribution in [0.1, 0.15) is 30.8 Å². The number of hydrogen-bond acceptors (Lipinski definition) is 2. The highest BCUT2D eigenvalue weighted by Gasteiger charge is 2.13. The van der Waals surface area contributed by atoms with Gasteiger partial charge in [0, 0.05) is 30.0 Å². The minimum absolute atomic E-state index is 0.116. The van der Waals surface area contributed by atoms with Gasteiger partial charge in [-0.1, -0.05) is 6.92 Å². The lowest BCUT2D eigenvalue weighted by atomic mass is 10.3. The lowest BCUT2D eigenvalue weighted by Crippen LogP contribution is -2.16. The summed E-state index contributed by atoms with van der Waals surface area (Å²) < 4.78 is 4.63. The molecule has 2 aromatic rings. The third-order valence-electron chi connectivity index (χ3n) is 2.78. The molecule has 2 rings (SSSR count). The van der Waals surface area contributed by atoms with Crippen molar-refractivity contribution in [3.8, 4) is 0 Å². The highest BCUT2D eigenvalue weighted by molar-refractivity contribution is 9.10. The molecule has 0 fully saturated rings. The number of aryl methyl sites for hydroxylation is 2. The average molecular weight is 325 g/mol. The normalized spacial score (nSPS) is 10.7. The maximum atomic E-state index is 12.2. The van der Waals surface area contributed by atoms with Gasteiger partial charge in [0.05, 0.1) is 11.9 Å². The Morgan fingerprint density at radius 3 is 2.84 bits per heavy atom. The van der Waals surface area contributed by atoms with Gasteiger partial charge in [-0.15, -0.1) is 0 Å². The van der Waals surface area contributed by atoms with Gasteiger partial charge >= 0.3 is 0 Å². The summed E-state index contributed by atoms with van der Waals surface area (Å²) in [7, 11) is 0. The topological polar surface area (TPSA) is 51.9 Å². The van der Waals surface area contributed by atoms with Crippen molar-refractivity contribution < 1.29 is 4.79 Å². The minimum atomic E-state index is -0.116. The summed E-state index contributed by atoms with van der Waals surface area (Å²) in [5.41, 5.74) is 1.37. The van der Waals surface area contributed by atoms with Gasteiger partial charge in [0.15, 0.2) is 0 Å². The molecule has 5 nitrogen and oxygen atoms in total. The number of amides is 1. The van der Waals surface area contributed by atoms with Gasteiger partial charge in [-0.3, -0.25) is 9.48 Å². The molecule has 0 aromatic carbocycles. The van der Waals surface area contributed by atoms with Crippen LogP contribution in [0.3, 0.4) is 0 Å². The van der Waals surface area contributed by atoms with Crippen LogP contribution < -0.4 is 5.32 Å². The van der Waals surface area contributed by atoms with Crippen LogP contribution in [0.25, 0.3) is 0 Å². The van der Waals surface area contributed by atoms with E-state index in [0.29, 0.717) is 11.4 Å². The van der Waals surface area contributed by atoms with Crippen LogP contribution in [0.4, 0.5) is 5.69 Å². The molecule has 1 amide bonds. The smallest absolute Gasteiger partial charge is 0.272 e. The quantitative estimate of drug-likeness (QED) is 0.918. The van der Waals surface area contributed by atoms with E-state index in [-0.39, 0.29) is 5.91 Å². The summed E-state index contributed by atoms with van der Waals surface area (Å²) >= 11 is 3.40. The number of carbonyl (C=O) groups is 1. The molecule has 0 aliphatic rings. The van der Waals surface area contributed by atoms with Gasteiger partial charge in [-0.25, -0.2) is 0 Å². The predicted octanol–water partition coefficient (Wildman–Crippen LogP) is 3.13. The summed E-state index contributed by atoms with van der Waals surface area (Å²) in [6.07, 6.45) is 6.38. The zero-order chi connectivity index (χ0) is 13.8. The molecule has 2 aromatic heterocycles. The lowest BCUT2D eigenvalue weighted by Gasteiger charge is -2.07. The Morgan fingerprint density at radius 2 is 2.21 bits per heavy atom. The number of nitrogens with one attached hydrogen (secondary N) is 1. The van der Waals surface area contributed by atoms with E-state index in [4.69, 9.17) is 0 Å². The maximum absolute atomic E-state index is 12.2. The highest BCUT2D eigenvalue weighted by Crippen LogP contribution is 2.17. The van der Waals surface area contributed by atoms with Crippen molar-refractivity contribution in [2.24, 2.45) is 0 Å². The second kappa shape index (κ2) is 6.06. The number of aromatic nitrogens is 3. The molecule has 6 heteroatoms. The molecule has 102 valence electrons. The van der Waals surface area contributed by atoms with E-state index in [1.54, 1.807) is 10.9 Å². The molecule has 2 heterocycles. The number of rotatable bonds is 5. The summed E-state index contributed by atoms with van der Waals surface area (Å²) in [6, 6.07) is 1.83. The van der Waals surface area contributed by atoms with Gasteiger partial charge in [0.25, 0.3) is 5.91 Å². The predicted molar refractivity (Wildman–Crippen MR) is 78.3 cm³/mol. The van der Waals surface area contributed by atoms with Crippen LogP contribution in [-0.4, -0.2) is 20.3 Å². The first-order valence-corrected chi connectivity index (χ1v) is 7.12. The van der Waals surface area contributed by atoms with Crippen LogP contribution in [0.5, 0.6) is 0 Å². The Bertz CT molecular complexity index is 573. The third kappa shape index (κ3) is 3.26. The van der Waals surface area contributed by atoms with Crippen molar-refractivity contribution in [3.63, 3.8) is 0 Å². The SMILES string of the molecule is CCCn1cc(Br)cc1C(=O)Nc1cnn(CC)c1. The standard InChI is InChI=1S/C13H17BrN4O/c1-3-5-17-8-10(14)6-12(17)13(19)16-11-7-15-18(4-2)9-11/h6-9H,3-5H2,1-2H3,(H,16,19). The van der Waals surface area contributed by atoms with Crippen LogP contribution >= 0.6 is 15.9 Å². The first-order valence-electron chi connectivity index (χ1n) is 6.33. The molecule has 0 radical (unpaired) electrons. The summed E-state index contributed by atoms with van der Waals surface area (Å²) in [5, 5.41) is 6.99. The second-order valence-corrected chi connectivity index (χ2v) is 5.19. The summed E-state index contributed by atoms with van der Waals surface area (Å²) in [4.78, 5) is 12.2. The number of halogens is 1. The fourth-order valence-corrected chi connectivity index (χ4v) is 2.35. The van der Waals surface area contributed by atoms with Crippen molar-refractivity contribution in [3.05, 3.63) is 34.8 Å². The van der Waals surface area contributed by atoms with Crippen LogP contribution in [-0.2, 0) is 13.1 Å². The van der Waals surface area contributed by atoms with E-state index in [2.05, 4.69) is 33.3 Å². The Morgan fingerprint density at radius 1 is 1.42 bits per heavy atom. The van der Waals surface area contributed by atoms with Gasteiger partial charge in [-0.05, 0) is 35.3 Å². The van der Waals surface area contributed by atoms with Crippen molar-refractivity contribution >= 4 is 27.5 Å². The van der Waals surface area contributed by atoms with Gasteiger partial charge in [-0.2, -0.15) is 5.10 Å². The van der Waals surface area contributed by atoms with Crippen molar-refractivity contribution in [2.45, 2.75) is 33.4 Å². The molecule has 0 saturated heterocycles.